The Bertz CT molecular complexity index is 1460. The Labute approximate surface area is 225 Å². The fourth-order valence-electron chi connectivity index (χ4n) is 3.72. The van der Waals surface area contributed by atoms with Gasteiger partial charge in [-0.05, 0) is 30.3 Å². The second-order valence-corrected chi connectivity index (χ2v) is 9.74. The molecule has 4 aromatic rings. The average molecular weight is 560 g/mol. The summed E-state index contributed by atoms with van der Waals surface area (Å²) in [7, 11) is 0. The fraction of sp³-hybridized carbons (Fsp3) is 0.167. The number of nitrogens with zero attached hydrogens (tertiary/aromatic N) is 4. The van der Waals surface area contributed by atoms with Crippen LogP contribution in [0.1, 0.15) is 0 Å². The van der Waals surface area contributed by atoms with E-state index in [2.05, 4.69) is 25.5 Å². The van der Waals surface area contributed by atoms with Crippen molar-refractivity contribution in [1.82, 2.24) is 15.0 Å². The summed E-state index contributed by atoms with van der Waals surface area (Å²) < 4.78 is 21.3. The zero-order valence-electron chi connectivity index (χ0n) is 19.2. The number of nitrogen functional groups attached to an aromatic ring is 1. The minimum absolute atomic E-state index is 0.00969. The molecule has 0 saturated carbocycles. The van der Waals surface area contributed by atoms with Gasteiger partial charge in [-0.1, -0.05) is 46.7 Å². The molecule has 190 valence electrons. The minimum Gasteiger partial charge on any atom is -0.378 e. The maximum absolute atomic E-state index is 15.8. The van der Waals surface area contributed by atoms with Crippen LogP contribution < -0.4 is 21.3 Å². The van der Waals surface area contributed by atoms with Gasteiger partial charge in [0.05, 0.1) is 39.5 Å². The highest BCUT2D eigenvalue weighted by molar-refractivity contribution is 7.19. The van der Waals surface area contributed by atoms with E-state index in [4.69, 9.17) is 38.7 Å². The number of hydrogen-bond acceptors (Lipinski definition) is 8. The van der Waals surface area contributed by atoms with Crippen molar-refractivity contribution in [2.75, 3.05) is 47.6 Å². The van der Waals surface area contributed by atoms with Gasteiger partial charge >= 0.3 is 6.03 Å². The molecule has 0 unspecified atom stereocenters. The van der Waals surface area contributed by atoms with Crippen molar-refractivity contribution in [1.29, 1.82) is 0 Å². The van der Waals surface area contributed by atoms with Gasteiger partial charge < -0.3 is 26.0 Å². The van der Waals surface area contributed by atoms with E-state index < -0.39 is 11.8 Å². The summed E-state index contributed by atoms with van der Waals surface area (Å²) in [6, 6.07) is 10.4. The number of carbonyl (C=O) groups is 1. The fourth-order valence-corrected chi connectivity index (χ4v) is 5.17. The summed E-state index contributed by atoms with van der Waals surface area (Å²) in [4.78, 5) is 28.2. The van der Waals surface area contributed by atoms with E-state index in [1.807, 2.05) is 0 Å². The first-order valence-corrected chi connectivity index (χ1v) is 12.7. The predicted molar refractivity (Wildman–Crippen MR) is 145 cm³/mol. The monoisotopic (exact) mass is 559 g/mol. The molecular formula is C24H20Cl2FN7O2S. The van der Waals surface area contributed by atoms with Gasteiger partial charge in [-0.15, -0.1) is 0 Å². The quantitative estimate of drug-likeness (QED) is 0.283. The van der Waals surface area contributed by atoms with Gasteiger partial charge in [-0.25, -0.2) is 24.1 Å². The number of hydrogen-bond donors (Lipinski definition) is 3. The number of rotatable bonds is 5. The lowest BCUT2D eigenvalue weighted by atomic mass is 10.1. The molecule has 3 heterocycles. The number of thiazole rings is 1. The van der Waals surface area contributed by atoms with E-state index in [1.165, 1.54) is 29.7 Å². The van der Waals surface area contributed by atoms with Crippen LogP contribution in [0.15, 0.2) is 48.7 Å². The molecule has 0 atom stereocenters. The minimum atomic E-state index is -0.642. The molecule has 5 rings (SSSR count). The highest BCUT2D eigenvalue weighted by Crippen LogP contribution is 2.42. The number of ether oxygens (including phenoxy) is 1. The van der Waals surface area contributed by atoms with Gasteiger partial charge in [-0.3, -0.25) is 0 Å². The zero-order valence-corrected chi connectivity index (χ0v) is 21.5. The lowest BCUT2D eigenvalue weighted by Crippen LogP contribution is -2.36. The number of benzene rings is 2. The molecule has 1 aliphatic heterocycles. The molecule has 4 N–H and O–H groups in total. The normalized spacial score (nSPS) is 13.4. The van der Waals surface area contributed by atoms with Gasteiger partial charge in [0.25, 0.3) is 0 Å². The second-order valence-electron chi connectivity index (χ2n) is 7.95. The summed E-state index contributed by atoms with van der Waals surface area (Å²) in [6.07, 6.45) is 1.52. The molecule has 0 spiro atoms. The summed E-state index contributed by atoms with van der Waals surface area (Å²) in [5.74, 6) is -0.536. The molecule has 1 fully saturated rings. The Balaban J connectivity index is 1.48. The summed E-state index contributed by atoms with van der Waals surface area (Å²) >= 11 is 13.3. The molecule has 9 nitrogen and oxygen atoms in total. The number of carbonyl (C=O) groups excluding carboxylic acids is 1. The van der Waals surface area contributed by atoms with Gasteiger partial charge in [0.1, 0.15) is 5.69 Å². The van der Waals surface area contributed by atoms with Crippen molar-refractivity contribution in [3.8, 4) is 21.8 Å². The number of nitrogens with one attached hydrogen (secondary N) is 2. The number of halogens is 3. The molecule has 0 radical (unpaired) electrons. The molecular weight excluding hydrogens is 540 g/mol. The Morgan fingerprint density at radius 3 is 2.65 bits per heavy atom. The van der Waals surface area contributed by atoms with Crippen LogP contribution in [0.4, 0.5) is 31.6 Å². The van der Waals surface area contributed by atoms with Gasteiger partial charge in [0.2, 0.25) is 5.95 Å². The first-order chi connectivity index (χ1) is 17.9. The third kappa shape index (κ3) is 5.59. The molecule has 1 aliphatic rings. The van der Waals surface area contributed by atoms with Crippen molar-refractivity contribution in [3.63, 3.8) is 0 Å². The number of urea groups is 1. The van der Waals surface area contributed by atoms with Crippen LogP contribution in [-0.2, 0) is 4.74 Å². The van der Waals surface area contributed by atoms with Crippen LogP contribution in [0.5, 0.6) is 0 Å². The van der Waals surface area contributed by atoms with E-state index in [0.717, 1.165) is 0 Å². The van der Waals surface area contributed by atoms with Crippen molar-refractivity contribution in [3.05, 3.63) is 64.5 Å². The van der Waals surface area contributed by atoms with Crippen LogP contribution in [0.25, 0.3) is 21.8 Å². The largest absolute Gasteiger partial charge is 0.378 e. The standard InChI is InChI=1S/C24H20Cl2FN7O2S/c25-15-5-4-13(12-16(15)26)30-23(35)32-17-3-1-2-14(19(17)27)21-20(18-6-7-29-22(28)31-18)33-24(37-21)34-8-10-36-11-9-34/h1-7,12H,8-11H2,(H2,28,29,31)(H2,30,32,35). The number of morpholine rings is 1. The third-order valence-corrected chi connectivity index (χ3v) is 7.37. The van der Waals surface area contributed by atoms with Crippen molar-refractivity contribution in [2.24, 2.45) is 0 Å². The van der Waals surface area contributed by atoms with Crippen molar-refractivity contribution in [2.45, 2.75) is 0 Å². The van der Waals surface area contributed by atoms with Crippen LogP contribution in [0.3, 0.4) is 0 Å². The molecule has 0 aliphatic carbocycles. The second kappa shape index (κ2) is 10.9. The molecule has 1 saturated heterocycles. The summed E-state index contributed by atoms with van der Waals surface area (Å²) in [6.45, 7) is 2.48. The van der Waals surface area contributed by atoms with E-state index in [9.17, 15) is 4.79 Å². The van der Waals surface area contributed by atoms with Gasteiger partial charge in [0.15, 0.2) is 10.9 Å². The first kappa shape index (κ1) is 25.2. The van der Waals surface area contributed by atoms with Crippen LogP contribution >= 0.6 is 34.5 Å². The highest BCUT2D eigenvalue weighted by Gasteiger charge is 2.24. The lowest BCUT2D eigenvalue weighted by Gasteiger charge is -2.26. The molecule has 2 aromatic carbocycles. The number of anilines is 4. The molecule has 2 amide bonds. The molecule has 2 aromatic heterocycles. The zero-order chi connectivity index (χ0) is 25.9. The molecule has 13 heteroatoms. The SMILES string of the molecule is Nc1nccc(-c2nc(N3CCOCC3)sc2-c2cccc(NC(=O)Nc3ccc(Cl)c(Cl)c3)c2F)n1. The maximum atomic E-state index is 15.8. The van der Waals surface area contributed by atoms with Gasteiger partial charge in [-0.2, -0.15) is 0 Å². The van der Waals surface area contributed by atoms with Crippen LogP contribution in [0.2, 0.25) is 10.0 Å². The number of amides is 2. The van der Waals surface area contributed by atoms with E-state index >= 15 is 4.39 Å². The average Bonchev–Trinajstić information content (AvgIpc) is 3.33. The number of aromatic nitrogens is 3. The van der Waals surface area contributed by atoms with Crippen molar-refractivity contribution < 1.29 is 13.9 Å². The Morgan fingerprint density at radius 2 is 1.89 bits per heavy atom. The van der Waals surface area contributed by atoms with E-state index in [1.54, 1.807) is 30.3 Å². The highest BCUT2D eigenvalue weighted by atomic mass is 35.5. The molecule has 0 bridgehead atoms. The smallest absolute Gasteiger partial charge is 0.323 e. The lowest BCUT2D eigenvalue weighted by molar-refractivity contribution is 0.122. The molecule has 37 heavy (non-hydrogen) atoms. The predicted octanol–water partition coefficient (Wildman–Crippen LogP) is 5.78. The third-order valence-electron chi connectivity index (χ3n) is 5.48. The van der Waals surface area contributed by atoms with E-state index in [0.29, 0.717) is 58.4 Å². The Morgan fingerprint density at radius 1 is 1.08 bits per heavy atom. The number of nitrogens with two attached hydrogens (primary N) is 1. The Kier molecular flexibility index (Phi) is 7.38. The first-order valence-electron chi connectivity index (χ1n) is 11.1. The summed E-state index contributed by atoms with van der Waals surface area (Å²) in [5, 5.41) is 6.52. The Hall–Kier alpha value is -3.51. The van der Waals surface area contributed by atoms with E-state index in [-0.39, 0.29) is 22.2 Å². The van der Waals surface area contributed by atoms with Crippen molar-refractivity contribution >= 4 is 63.0 Å². The summed E-state index contributed by atoms with van der Waals surface area (Å²) in [5.41, 5.74) is 7.40. The van der Waals surface area contributed by atoms with Crippen LogP contribution in [-0.4, -0.2) is 47.3 Å². The maximum Gasteiger partial charge on any atom is 0.323 e. The van der Waals surface area contributed by atoms with Gasteiger partial charge in [0, 0.05) is 30.5 Å². The topological polar surface area (TPSA) is 118 Å². The van der Waals surface area contributed by atoms with Crippen LogP contribution in [0, 0.1) is 5.82 Å².